The molecule has 8 atom stereocenters. The zero-order chi connectivity index (χ0) is 24.9. The first-order valence-electron chi connectivity index (χ1n) is 14.1. The lowest BCUT2D eigenvalue weighted by atomic mass is 9.40. The van der Waals surface area contributed by atoms with E-state index >= 15 is 0 Å². The van der Waals surface area contributed by atoms with Gasteiger partial charge in [0.15, 0.2) is 0 Å². The van der Waals surface area contributed by atoms with E-state index in [4.69, 9.17) is 18.9 Å². The average Bonchev–Trinajstić information content (AvgIpc) is 3.62. The molecule has 0 amide bonds. The second-order valence-electron chi connectivity index (χ2n) is 14.7. The van der Waals surface area contributed by atoms with Gasteiger partial charge in [0.2, 0.25) is 0 Å². The summed E-state index contributed by atoms with van der Waals surface area (Å²) in [7, 11) is 1.76. The van der Waals surface area contributed by atoms with E-state index in [2.05, 4.69) is 40.7 Å². The molecular formula is C30H46O5. The smallest absolute Gasteiger partial charge is 0.306 e. The van der Waals surface area contributed by atoms with Gasteiger partial charge in [-0.05, 0) is 101 Å². The zero-order valence-corrected chi connectivity index (χ0v) is 22.8. The molecule has 7 rings (SSSR count). The van der Waals surface area contributed by atoms with E-state index in [0.29, 0.717) is 17.3 Å². The zero-order valence-electron chi connectivity index (χ0n) is 22.8. The molecule has 196 valence electrons. The molecule has 5 nitrogen and oxygen atoms in total. The molecule has 0 aromatic carbocycles. The Kier molecular flexibility index (Phi) is 5.44. The Morgan fingerprint density at radius 1 is 1.06 bits per heavy atom. The van der Waals surface area contributed by atoms with Gasteiger partial charge in [-0.1, -0.05) is 25.5 Å². The van der Waals surface area contributed by atoms with Gasteiger partial charge in [-0.3, -0.25) is 4.79 Å². The van der Waals surface area contributed by atoms with Gasteiger partial charge >= 0.3 is 5.97 Å². The van der Waals surface area contributed by atoms with Gasteiger partial charge < -0.3 is 18.9 Å². The molecule has 2 unspecified atom stereocenters. The molecule has 0 aromatic rings. The molecule has 35 heavy (non-hydrogen) atoms. The van der Waals surface area contributed by atoms with Crippen LogP contribution in [0, 0.1) is 28.1 Å². The van der Waals surface area contributed by atoms with Crippen molar-refractivity contribution in [3.05, 3.63) is 11.6 Å². The molecule has 5 aliphatic carbocycles. The largest absolute Gasteiger partial charge is 0.460 e. The first-order valence-corrected chi connectivity index (χ1v) is 14.1. The van der Waals surface area contributed by atoms with Crippen molar-refractivity contribution in [1.29, 1.82) is 0 Å². The van der Waals surface area contributed by atoms with E-state index in [1.165, 1.54) is 44.1 Å². The summed E-state index contributed by atoms with van der Waals surface area (Å²) < 4.78 is 24.8. The van der Waals surface area contributed by atoms with Crippen LogP contribution in [0.4, 0.5) is 0 Å². The minimum Gasteiger partial charge on any atom is -0.460 e. The maximum Gasteiger partial charge on any atom is 0.306 e. The number of hydrogen-bond donors (Lipinski definition) is 0. The summed E-state index contributed by atoms with van der Waals surface area (Å²) in [4.78, 5) is 13.5. The molecule has 2 heterocycles. The van der Waals surface area contributed by atoms with E-state index in [-0.39, 0.29) is 46.8 Å². The summed E-state index contributed by atoms with van der Waals surface area (Å²) in [6, 6.07) is 0. The number of epoxide rings is 2. The quantitative estimate of drug-likeness (QED) is 0.251. The van der Waals surface area contributed by atoms with Gasteiger partial charge in [0.25, 0.3) is 0 Å². The molecule has 5 heteroatoms. The van der Waals surface area contributed by atoms with Gasteiger partial charge in [-0.25, -0.2) is 0 Å². The predicted octanol–water partition coefficient (Wildman–Crippen LogP) is 5.99. The van der Waals surface area contributed by atoms with Gasteiger partial charge in [-0.2, -0.15) is 0 Å². The fraction of sp³-hybridized carbons (Fsp3) is 0.900. The molecule has 1 spiro atoms. The lowest BCUT2D eigenvalue weighted by Gasteiger charge is -2.65. The second kappa shape index (κ2) is 7.80. The maximum atomic E-state index is 13.5. The van der Waals surface area contributed by atoms with Crippen molar-refractivity contribution in [2.75, 3.05) is 13.7 Å². The van der Waals surface area contributed by atoms with Crippen LogP contribution < -0.4 is 0 Å². The van der Waals surface area contributed by atoms with Crippen molar-refractivity contribution in [3.63, 3.8) is 0 Å². The number of esters is 1. The van der Waals surface area contributed by atoms with Crippen LogP contribution in [-0.2, 0) is 23.7 Å². The van der Waals surface area contributed by atoms with Crippen LogP contribution in [0.5, 0.6) is 0 Å². The van der Waals surface area contributed by atoms with Crippen LogP contribution in [-0.4, -0.2) is 49.2 Å². The number of rotatable bonds is 7. The van der Waals surface area contributed by atoms with Crippen LogP contribution in [0.3, 0.4) is 0 Å². The second-order valence-corrected chi connectivity index (χ2v) is 14.7. The molecular weight excluding hydrogens is 440 g/mol. The summed E-state index contributed by atoms with van der Waals surface area (Å²) in [6.07, 6.45) is 12.8. The number of carbonyl (C=O) groups excluding carboxylic acids is 1. The van der Waals surface area contributed by atoms with Crippen LogP contribution in [0.2, 0.25) is 0 Å². The van der Waals surface area contributed by atoms with E-state index in [1.54, 1.807) is 7.11 Å². The van der Waals surface area contributed by atoms with Crippen molar-refractivity contribution in [2.24, 2.45) is 28.1 Å². The van der Waals surface area contributed by atoms with E-state index in [0.717, 1.165) is 31.8 Å². The summed E-state index contributed by atoms with van der Waals surface area (Å²) in [5.74, 6) is 0.858. The molecule has 0 aromatic heterocycles. The highest BCUT2D eigenvalue weighted by molar-refractivity contribution is 5.71. The fourth-order valence-corrected chi connectivity index (χ4v) is 10.5. The highest BCUT2D eigenvalue weighted by Crippen LogP contribution is 2.70. The minimum absolute atomic E-state index is 0.0134. The molecule has 2 aliphatic heterocycles. The van der Waals surface area contributed by atoms with Crippen molar-refractivity contribution < 1.29 is 23.7 Å². The van der Waals surface area contributed by atoms with Crippen LogP contribution in [0.1, 0.15) is 98.8 Å². The number of methoxy groups -OCH3 is 1. The lowest BCUT2D eigenvalue weighted by Crippen LogP contribution is -2.57. The third-order valence-electron chi connectivity index (χ3n) is 10.8. The van der Waals surface area contributed by atoms with Gasteiger partial charge in [0.1, 0.15) is 23.4 Å². The summed E-state index contributed by atoms with van der Waals surface area (Å²) >= 11 is 0. The number of carbonyl (C=O) groups is 1. The van der Waals surface area contributed by atoms with Crippen molar-refractivity contribution in [2.45, 2.75) is 128 Å². The van der Waals surface area contributed by atoms with Crippen molar-refractivity contribution >= 4 is 5.97 Å². The Morgan fingerprint density at radius 2 is 1.74 bits per heavy atom. The topological polar surface area (TPSA) is 60.6 Å². The molecule has 2 saturated heterocycles. The molecule has 0 radical (unpaired) electrons. The Hall–Kier alpha value is -0.910. The number of hydrogen-bond acceptors (Lipinski definition) is 5. The number of allylic oxidation sites excluding steroid dienone is 1. The normalized spacial score (nSPS) is 53.5. The monoisotopic (exact) mass is 486 g/mol. The third-order valence-corrected chi connectivity index (χ3v) is 10.8. The number of ether oxygens (including phenoxy) is 4. The summed E-state index contributed by atoms with van der Waals surface area (Å²) in [5.41, 5.74) is 1.80. The van der Waals surface area contributed by atoms with Crippen molar-refractivity contribution in [1.82, 2.24) is 0 Å². The van der Waals surface area contributed by atoms with Crippen LogP contribution in [0.15, 0.2) is 11.6 Å². The van der Waals surface area contributed by atoms with Gasteiger partial charge in [0.05, 0.1) is 25.0 Å². The van der Waals surface area contributed by atoms with Gasteiger partial charge in [-0.15, -0.1) is 0 Å². The van der Waals surface area contributed by atoms with E-state index in [9.17, 15) is 4.79 Å². The highest BCUT2D eigenvalue weighted by atomic mass is 16.6. The fourth-order valence-electron chi connectivity index (χ4n) is 10.5. The highest BCUT2D eigenvalue weighted by Gasteiger charge is 2.72. The molecule has 0 N–H and O–H groups in total. The van der Waals surface area contributed by atoms with Gasteiger partial charge in [0, 0.05) is 7.11 Å². The molecule has 4 bridgehead atoms. The lowest BCUT2D eigenvalue weighted by molar-refractivity contribution is -0.185. The summed E-state index contributed by atoms with van der Waals surface area (Å²) in [5, 5.41) is 0. The van der Waals surface area contributed by atoms with Crippen LogP contribution >= 0.6 is 0 Å². The maximum absolute atomic E-state index is 13.5. The molecule has 7 fully saturated rings. The van der Waals surface area contributed by atoms with E-state index < -0.39 is 0 Å². The third kappa shape index (κ3) is 4.12. The Bertz CT molecular complexity index is 898. The first-order chi connectivity index (χ1) is 16.4. The van der Waals surface area contributed by atoms with Crippen molar-refractivity contribution in [3.8, 4) is 0 Å². The Labute approximate surface area is 211 Å². The molecule has 5 saturated carbocycles. The minimum atomic E-state index is -0.294. The molecule has 7 aliphatic rings. The summed E-state index contributed by atoms with van der Waals surface area (Å²) in [6.45, 7) is 12.2. The van der Waals surface area contributed by atoms with Crippen LogP contribution in [0.25, 0.3) is 0 Å². The average molecular weight is 487 g/mol. The Morgan fingerprint density at radius 3 is 2.31 bits per heavy atom. The standard InChI is InChI=1S/C30H46O5/c1-19(2)7-8-22-28(5,35-22)25-24(32-6)21(9-10-30(25)18-33-30)34-23(31)14-29-13-20-11-26(3,16-29)15-27(4,12-20)17-29/h7,20-22,24-25H,8-18H2,1-6H3/t20?,21-,22-,24-,25-,26?,27?,28+,29?,30+/m1/s1. The first kappa shape index (κ1) is 24.4. The predicted molar refractivity (Wildman–Crippen MR) is 134 cm³/mol. The van der Waals surface area contributed by atoms with E-state index in [1.807, 2.05) is 0 Å². The Balaban J connectivity index is 1.16. The SMILES string of the molecule is CO[C@@H]1[C@H](OC(=O)CC23CC4CC(C)(CC(C)(C4)C2)C3)CC[C@]2(CO2)[C@H]1[C@@]1(C)O[C@@H]1CC=C(C)C.